The molecule has 2 fully saturated rings. The highest BCUT2D eigenvalue weighted by molar-refractivity contribution is 7.91. The van der Waals surface area contributed by atoms with E-state index in [0.29, 0.717) is 18.8 Å². The van der Waals surface area contributed by atoms with Crippen molar-refractivity contribution < 1.29 is 22.0 Å². The molecule has 2 aliphatic rings. The van der Waals surface area contributed by atoms with Gasteiger partial charge in [-0.05, 0) is 43.5 Å². The molecule has 0 spiro atoms. The van der Waals surface area contributed by atoms with Gasteiger partial charge in [-0.2, -0.15) is 8.78 Å². The Morgan fingerprint density at radius 1 is 1.12 bits per heavy atom. The smallest absolute Gasteiger partial charge is 0.341 e. The highest BCUT2D eigenvalue weighted by Gasteiger charge is 2.32. The van der Waals surface area contributed by atoms with Gasteiger partial charge in [0.15, 0.2) is 0 Å². The van der Waals surface area contributed by atoms with Gasteiger partial charge in [0.2, 0.25) is 15.7 Å². The van der Waals surface area contributed by atoms with Crippen molar-refractivity contribution in [2.75, 3.05) is 18.4 Å². The number of rotatable bonds is 5. The van der Waals surface area contributed by atoms with Crippen LogP contribution in [0.15, 0.2) is 29.2 Å². The lowest BCUT2D eigenvalue weighted by Crippen LogP contribution is -2.35. The lowest BCUT2D eigenvalue weighted by molar-refractivity contribution is -0.134. The zero-order valence-corrected chi connectivity index (χ0v) is 14.6. The molecule has 1 aliphatic carbocycles. The van der Waals surface area contributed by atoms with E-state index < -0.39 is 20.5 Å². The molecule has 1 unspecified atom stereocenters. The Balaban J connectivity index is 1.57. The van der Waals surface area contributed by atoms with Gasteiger partial charge in [0.1, 0.15) is 0 Å². The number of nitrogens with zero attached hydrogens (tertiary/aromatic N) is 1. The molecule has 1 aromatic rings. The molecule has 1 saturated heterocycles. The normalized spacial score (nSPS) is 21.9. The van der Waals surface area contributed by atoms with E-state index in [-0.39, 0.29) is 17.9 Å². The number of sulfone groups is 1. The molecule has 25 heavy (non-hydrogen) atoms. The molecule has 1 N–H and O–H groups in total. The molecule has 5 nitrogen and oxygen atoms in total. The first kappa shape index (κ1) is 18.1. The molecule has 1 heterocycles. The zero-order valence-electron chi connectivity index (χ0n) is 13.8. The van der Waals surface area contributed by atoms with Gasteiger partial charge in [0.05, 0.1) is 4.90 Å². The second-order valence-corrected chi connectivity index (χ2v) is 8.64. The lowest BCUT2D eigenvalue weighted by Gasteiger charge is -2.21. The molecule has 1 amide bonds. The van der Waals surface area contributed by atoms with Crippen LogP contribution >= 0.6 is 0 Å². The standard InChI is InChI=1S/C17H22F2N2O3S/c18-17(19)25(23,24)15-7-5-13(6-8-15)20-14-9-10-21(11-14)16(22)12-3-1-2-4-12/h5-8,12,14,17,20H,1-4,9-11H2. The highest BCUT2D eigenvalue weighted by atomic mass is 32.2. The summed E-state index contributed by atoms with van der Waals surface area (Å²) in [6.45, 7) is 1.33. The van der Waals surface area contributed by atoms with Crippen molar-refractivity contribution in [2.24, 2.45) is 5.92 Å². The van der Waals surface area contributed by atoms with Gasteiger partial charge < -0.3 is 10.2 Å². The maximum absolute atomic E-state index is 12.5. The third kappa shape index (κ3) is 3.94. The van der Waals surface area contributed by atoms with Gasteiger partial charge in [-0.25, -0.2) is 8.42 Å². The number of nitrogens with one attached hydrogen (secondary N) is 1. The number of amides is 1. The number of hydrogen-bond donors (Lipinski definition) is 1. The summed E-state index contributed by atoms with van der Waals surface area (Å²) in [6.07, 6.45) is 5.02. The minimum Gasteiger partial charge on any atom is -0.380 e. The summed E-state index contributed by atoms with van der Waals surface area (Å²) in [7, 11) is -4.56. The average Bonchev–Trinajstić information content (AvgIpc) is 3.26. The summed E-state index contributed by atoms with van der Waals surface area (Å²) in [4.78, 5) is 13.9. The number of benzene rings is 1. The predicted octanol–water partition coefficient (Wildman–Crippen LogP) is 2.89. The molecule has 1 atom stereocenters. The van der Waals surface area contributed by atoms with Crippen molar-refractivity contribution in [3.8, 4) is 0 Å². The number of alkyl halides is 2. The number of anilines is 1. The van der Waals surface area contributed by atoms with Crippen molar-refractivity contribution in [3.05, 3.63) is 24.3 Å². The Labute approximate surface area is 146 Å². The van der Waals surface area contributed by atoms with E-state index in [4.69, 9.17) is 0 Å². The first-order valence-electron chi connectivity index (χ1n) is 8.55. The van der Waals surface area contributed by atoms with E-state index in [1.807, 2.05) is 4.90 Å². The predicted molar refractivity (Wildman–Crippen MR) is 90.2 cm³/mol. The SMILES string of the molecule is O=C(C1CCCC1)N1CCC(Nc2ccc(S(=O)(=O)C(F)F)cc2)C1. The average molecular weight is 372 g/mol. The molecule has 0 aromatic heterocycles. The summed E-state index contributed by atoms with van der Waals surface area (Å²) >= 11 is 0. The van der Waals surface area contributed by atoms with Crippen molar-refractivity contribution in [1.82, 2.24) is 4.90 Å². The van der Waals surface area contributed by atoms with Crippen LogP contribution in [0, 0.1) is 5.92 Å². The van der Waals surface area contributed by atoms with Crippen molar-refractivity contribution in [2.45, 2.75) is 48.8 Å². The largest absolute Gasteiger partial charge is 0.380 e. The fourth-order valence-electron chi connectivity index (χ4n) is 3.59. The lowest BCUT2D eigenvalue weighted by atomic mass is 10.1. The second kappa shape index (κ2) is 7.27. The molecule has 1 aliphatic heterocycles. The molecule has 3 rings (SSSR count). The van der Waals surface area contributed by atoms with Gasteiger partial charge in [-0.1, -0.05) is 12.8 Å². The molecular weight excluding hydrogens is 350 g/mol. The van der Waals surface area contributed by atoms with Crippen LogP contribution in [0.5, 0.6) is 0 Å². The Morgan fingerprint density at radius 2 is 1.76 bits per heavy atom. The molecule has 1 saturated carbocycles. The number of carbonyl (C=O) groups is 1. The third-order valence-corrected chi connectivity index (χ3v) is 6.39. The van der Waals surface area contributed by atoms with Crippen LogP contribution < -0.4 is 5.32 Å². The van der Waals surface area contributed by atoms with Crippen LogP contribution in [0.1, 0.15) is 32.1 Å². The van der Waals surface area contributed by atoms with Crippen LogP contribution in [0.4, 0.5) is 14.5 Å². The van der Waals surface area contributed by atoms with Crippen LogP contribution in [0.2, 0.25) is 0 Å². The fraction of sp³-hybridized carbons (Fsp3) is 0.588. The minimum absolute atomic E-state index is 0.0860. The van der Waals surface area contributed by atoms with Crippen molar-refractivity contribution in [1.29, 1.82) is 0 Å². The molecule has 0 bridgehead atoms. The van der Waals surface area contributed by atoms with Crippen LogP contribution in [-0.2, 0) is 14.6 Å². The Morgan fingerprint density at radius 3 is 2.36 bits per heavy atom. The third-order valence-electron chi connectivity index (χ3n) is 4.99. The first-order valence-corrected chi connectivity index (χ1v) is 10.1. The Kier molecular flexibility index (Phi) is 5.27. The van der Waals surface area contributed by atoms with Gasteiger partial charge in [0, 0.05) is 30.7 Å². The molecular formula is C17H22F2N2O3S. The van der Waals surface area contributed by atoms with Gasteiger partial charge >= 0.3 is 5.76 Å². The summed E-state index contributed by atoms with van der Waals surface area (Å²) in [6, 6.07) is 5.41. The Hall–Kier alpha value is -1.70. The maximum atomic E-state index is 12.5. The quantitative estimate of drug-likeness (QED) is 0.863. The first-order chi connectivity index (χ1) is 11.9. The second-order valence-electron chi connectivity index (χ2n) is 6.73. The van der Waals surface area contributed by atoms with Crippen molar-refractivity contribution >= 4 is 21.4 Å². The number of likely N-dealkylation sites (tertiary alicyclic amines) is 1. The van der Waals surface area contributed by atoms with E-state index in [1.165, 1.54) is 24.3 Å². The number of carbonyl (C=O) groups excluding carboxylic acids is 1. The topological polar surface area (TPSA) is 66.5 Å². The monoisotopic (exact) mass is 372 g/mol. The molecule has 1 aromatic carbocycles. The van der Waals surface area contributed by atoms with E-state index in [9.17, 15) is 22.0 Å². The summed E-state index contributed by atoms with van der Waals surface area (Å²) in [5.41, 5.74) is 0.661. The van der Waals surface area contributed by atoms with Gasteiger partial charge in [-0.15, -0.1) is 0 Å². The minimum atomic E-state index is -4.56. The molecule has 8 heteroatoms. The van der Waals surface area contributed by atoms with E-state index >= 15 is 0 Å². The fourth-order valence-corrected chi connectivity index (χ4v) is 4.31. The highest BCUT2D eigenvalue weighted by Crippen LogP contribution is 2.28. The van der Waals surface area contributed by atoms with E-state index in [2.05, 4.69) is 5.32 Å². The molecule has 138 valence electrons. The van der Waals surface area contributed by atoms with E-state index in [0.717, 1.165) is 32.1 Å². The van der Waals surface area contributed by atoms with Crippen molar-refractivity contribution in [3.63, 3.8) is 0 Å². The van der Waals surface area contributed by atoms with Gasteiger partial charge in [0.25, 0.3) is 0 Å². The molecule has 0 radical (unpaired) electrons. The summed E-state index contributed by atoms with van der Waals surface area (Å²) in [5.74, 6) is -3.02. The van der Waals surface area contributed by atoms with Crippen LogP contribution in [-0.4, -0.2) is 44.1 Å². The van der Waals surface area contributed by atoms with Crippen LogP contribution in [0.25, 0.3) is 0 Å². The zero-order chi connectivity index (χ0) is 18.0. The number of halogens is 2. The summed E-state index contributed by atoms with van der Waals surface area (Å²) in [5, 5.41) is 3.25. The maximum Gasteiger partial charge on any atom is 0.341 e. The number of hydrogen-bond acceptors (Lipinski definition) is 4. The van der Waals surface area contributed by atoms with Gasteiger partial charge in [-0.3, -0.25) is 4.79 Å². The summed E-state index contributed by atoms with van der Waals surface area (Å²) < 4.78 is 47.9. The van der Waals surface area contributed by atoms with E-state index in [1.54, 1.807) is 0 Å². The Bertz CT molecular complexity index is 716. The van der Waals surface area contributed by atoms with Crippen LogP contribution in [0.3, 0.4) is 0 Å².